The van der Waals surface area contributed by atoms with Crippen LogP contribution in [-0.4, -0.2) is 16.0 Å². The van der Waals surface area contributed by atoms with Crippen LogP contribution in [0.3, 0.4) is 0 Å². The Morgan fingerprint density at radius 3 is 2.26 bits per heavy atom. The minimum absolute atomic E-state index is 0.238. The highest BCUT2D eigenvalue weighted by Crippen LogP contribution is 2.21. The van der Waals surface area contributed by atoms with Crippen molar-refractivity contribution in [3.8, 4) is 0 Å². The van der Waals surface area contributed by atoms with Gasteiger partial charge in [0.2, 0.25) is 0 Å². The SMILES string of the molecule is ON=C(CC(O)c1ccc(Cl)cc1)c1ccccc1. The molecule has 0 amide bonds. The number of rotatable bonds is 4. The van der Waals surface area contributed by atoms with Crippen LogP contribution >= 0.6 is 11.6 Å². The molecular weight excluding hydrogens is 262 g/mol. The highest BCUT2D eigenvalue weighted by atomic mass is 35.5. The Balaban J connectivity index is 2.13. The molecule has 3 nitrogen and oxygen atoms in total. The van der Waals surface area contributed by atoms with E-state index in [0.717, 1.165) is 11.1 Å². The van der Waals surface area contributed by atoms with Crippen molar-refractivity contribution in [2.45, 2.75) is 12.5 Å². The lowest BCUT2D eigenvalue weighted by Crippen LogP contribution is -2.08. The van der Waals surface area contributed by atoms with Crippen molar-refractivity contribution < 1.29 is 10.3 Å². The number of halogens is 1. The van der Waals surface area contributed by atoms with Crippen molar-refractivity contribution in [1.29, 1.82) is 0 Å². The standard InChI is InChI=1S/C15H14ClNO2/c16-13-8-6-12(7-9-13)15(18)10-14(17-19)11-4-2-1-3-5-11/h1-9,15,18-19H,10H2. The Bertz CT molecular complexity index is 552. The van der Waals surface area contributed by atoms with E-state index in [2.05, 4.69) is 5.16 Å². The van der Waals surface area contributed by atoms with Crippen LogP contribution in [0.1, 0.15) is 23.7 Å². The van der Waals surface area contributed by atoms with Crippen LogP contribution in [0.4, 0.5) is 0 Å². The summed E-state index contributed by atoms with van der Waals surface area (Å²) in [5.74, 6) is 0. The molecule has 0 aliphatic carbocycles. The van der Waals surface area contributed by atoms with E-state index in [9.17, 15) is 5.11 Å². The Hall–Kier alpha value is -1.84. The smallest absolute Gasteiger partial charge is 0.0897 e. The van der Waals surface area contributed by atoms with Gasteiger partial charge in [0.15, 0.2) is 0 Å². The highest BCUT2D eigenvalue weighted by molar-refractivity contribution is 6.30. The Labute approximate surface area is 116 Å². The highest BCUT2D eigenvalue weighted by Gasteiger charge is 2.13. The molecule has 0 saturated heterocycles. The second-order valence-corrected chi connectivity index (χ2v) is 4.62. The summed E-state index contributed by atoms with van der Waals surface area (Å²) in [5, 5.41) is 23.1. The van der Waals surface area contributed by atoms with Crippen molar-refractivity contribution in [2.24, 2.45) is 5.16 Å². The summed E-state index contributed by atoms with van der Waals surface area (Å²) < 4.78 is 0. The van der Waals surface area contributed by atoms with E-state index < -0.39 is 6.10 Å². The molecule has 2 aromatic carbocycles. The van der Waals surface area contributed by atoms with Gasteiger partial charge in [-0.2, -0.15) is 0 Å². The summed E-state index contributed by atoms with van der Waals surface area (Å²) in [6, 6.07) is 16.2. The van der Waals surface area contributed by atoms with Gasteiger partial charge in [0.05, 0.1) is 11.8 Å². The predicted octanol–water partition coefficient (Wildman–Crippen LogP) is 3.64. The predicted molar refractivity (Wildman–Crippen MR) is 75.8 cm³/mol. The van der Waals surface area contributed by atoms with Crippen LogP contribution < -0.4 is 0 Å². The Morgan fingerprint density at radius 1 is 1.05 bits per heavy atom. The zero-order valence-electron chi connectivity index (χ0n) is 10.2. The van der Waals surface area contributed by atoms with Gasteiger partial charge in [0, 0.05) is 11.4 Å². The number of benzene rings is 2. The van der Waals surface area contributed by atoms with Crippen LogP contribution in [0.15, 0.2) is 59.8 Å². The fourth-order valence-corrected chi connectivity index (χ4v) is 1.96. The maximum atomic E-state index is 10.1. The first kappa shape index (κ1) is 13.6. The number of aliphatic hydroxyl groups excluding tert-OH is 1. The van der Waals surface area contributed by atoms with Crippen LogP contribution in [0.2, 0.25) is 5.02 Å². The third-order valence-corrected chi connectivity index (χ3v) is 3.12. The topological polar surface area (TPSA) is 52.8 Å². The summed E-state index contributed by atoms with van der Waals surface area (Å²) >= 11 is 5.80. The van der Waals surface area contributed by atoms with Crippen molar-refractivity contribution in [1.82, 2.24) is 0 Å². The van der Waals surface area contributed by atoms with E-state index in [1.807, 2.05) is 30.3 Å². The quantitative estimate of drug-likeness (QED) is 0.508. The second-order valence-electron chi connectivity index (χ2n) is 4.18. The fraction of sp³-hybridized carbons (Fsp3) is 0.133. The molecule has 0 fully saturated rings. The zero-order chi connectivity index (χ0) is 13.7. The molecule has 2 rings (SSSR count). The minimum Gasteiger partial charge on any atom is -0.411 e. The van der Waals surface area contributed by atoms with Crippen molar-refractivity contribution in [2.75, 3.05) is 0 Å². The number of nitrogens with zero attached hydrogens (tertiary/aromatic N) is 1. The Morgan fingerprint density at radius 2 is 1.68 bits per heavy atom. The lowest BCUT2D eigenvalue weighted by molar-refractivity contribution is 0.184. The van der Waals surface area contributed by atoms with Crippen molar-refractivity contribution >= 4 is 17.3 Å². The normalized spacial score (nSPS) is 13.3. The van der Waals surface area contributed by atoms with Crippen molar-refractivity contribution in [3.63, 3.8) is 0 Å². The maximum Gasteiger partial charge on any atom is 0.0897 e. The van der Waals surface area contributed by atoms with E-state index >= 15 is 0 Å². The van der Waals surface area contributed by atoms with E-state index in [0.29, 0.717) is 10.7 Å². The van der Waals surface area contributed by atoms with E-state index in [4.69, 9.17) is 16.8 Å². The lowest BCUT2D eigenvalue weighted by Gasteiger charge is -2.12. The largest absolute Gasteiger partial charge is 0.411 e. The second kappa shape index (κ2) is 6.36. The van der Waals surface area contributed by atoms with Gasteiger partial charge in [0.1, 0.15) is 0 Å². The van der Waals surface area contributed by atoms with Gasteiger partial charge in [0.25, 0.3) is 0 Å². The average Bonchev–Trinajstić information content (AvgIpc) is 2.46. The van der Waals surface area contributed by atoms with Gasteiger partial charge in [-0.1, -0.05) is 59.2 Å². The molecule has 0 saturated carbocycles. The molecule has 2 N–H and O–H groups in total. The van der Waals surface area contributed by atoms with E-state index in [-0.39, 0.29) is 6.42 Å². The van der Waals surface area contributed by atoms with Gasteiger partial charge < -0.3 is 10.3 Å². The first-order valence-electron chi connectivity index (χ1n) is 5.90. The van der Waals surface area contributed by atoms with E-state index in [1.54, 1.807) is 24.3 Å². The first-order valence-corrected chi connectivity index (χ1v) is 6.28. The third-order valence-electron chi connectivity index (χ3n) is 2.87. The molecule has 0 spiro atoms. The fourth-order valence-electron chi connectivity index (χ4n) is 1.83. The molecule has 0 radical (unpaired) electrons. The summed E-state index contributed by atoms with van der Waals surface area (Å²) in [5.41, 5.74) is 1.97. The molecule has 0 bridgehead atoms. The van der Waals surface area contributed by atoms with Crippen LogP contribution in [0.5, 0.6) is 0 Å². The maximum absolute atomic E-state index is 10.1. The summed E-state index contributed by atoms with van der Waals surface area (Å²) in [4.78, 5) is 0. The molecule has 0 aliphatic heterocycles. The monoisotopic (exact) mass is 275 g/mol. The number of oxime groups is 1. The molecule has 0 aromatic heterocycles. The molecular formula is C15H14ClNO2. The summed E-state index contributed by atoms with van der Waals surface area (Å²) in [6.45, 7) is 0. The number of hydrogen-bond donors (Lipinski definition) is 2. The number of aliphatic hydroxyl groups is 1. The summed E-state index contributed by atoms with van der Waals surface area (Å²) in [7, 11) is 0. The first-order chi connectivity index (χ1) is 9.20. The van der Waals surface area contributed by atoms with Crippen LogP contribution in [-0.2, 0) is 0 Å². The molecule has 98 valence electrons. The third kappa shape index (κ3) is 3.56. The summed E-state index contributed by atoms with van der Waals surface area (Å²) in [6.07, 6.45) is -0.495. The van der Waals surface area contributed by atoms with Gasteiger partial charge in [-0.05, 0) is 23.3 Å². The van der Waals surface area contributed by atoms with Gasteiger partial charge in [-0.25, -0.2) is 0 Å². The molecule has 19 heavy (non-hydrogen) atoms. The van der Waals surface area contributed by atoms with E-state index in [1.165, 1.54) is 0 Å². The minimum atomic E-state index is -0.733. The average molecular weight is 276 g/mol. The van der Waals surface area contributed by atoms with Gasteiger partial charge in [-0.15, -0.1) is 0 Å². The molecule has 2 aromatic rings. The molecule has 0 aliphatic rings. The van der Waals surface area contributed by atoms with Crippen LogP contribution in [0, 0.1) is 0 Å². The molecule has 0 heterocycles. The van der Waals surface area contributed by atoms with Crippen LogP contribution in [0.25, 0.3) is 0 Å². The van der Waals surface area contributed by atoms with Gasteiger partial charge in [-0.3, -0.25) is 0 Å². The van der Waals surface area contributed by atoms with Gasteiger partial charge >= 0.3 is 0 Å². The molecule has 4 heteroatoms. The lowest BCUT2D eigenvalue weighted by atomic mass is 10.00. The number of hydrogen-bond acceptors (Lipinski definition) is 3. The molecule has 1 unspecified atom stereocenters. The Kier molecular flexibility index (Phi) is 4.55. The molecule has 1 atom stereocenters. The van der Waals surface area contributed by atoms with Crippen molar-refractivity contribution in [3.05, 3.63) is 70.7 Å². The zero-order valence-corrected chi connectivity index (χ0v) is 11.0.